The van der Waals surface area contributed by atoms with Crippen LogP contribution in [0.15, 0.2) is 30.3 Å². The lowest BCUT2D eigenvalue weighted by atomic mass is 9.77. The maximum absolute atomic E-state index is 12.9. The fraction of sp³-hybridized carbons (Fsp3) is 0.600. The van der Waals surface area contributed by atoms with Crippen LogP contribution in [0.1, 0.15) is 45.1 Å². The SMILES string of the molecule is CCOC(=O)C(CCOC1CCCCO1)(C(=O)OCC)c1ccccc1. The molecule has 0 bridgehead atoms. The second-order valence-electron chi connectivity index (χ2n) is 6.13. The van der Waals surface area contributed by atoms with Crippen LogP contribution in [0, 0.1) is 0 Å². The van der Waals surface area contributed by atoms with Gasteiger partial charge in [0.05, 0.1) is 19.8 Å². The van der Waals surface area contributed by atoms with E-state index in [2.05, 4.69) is 0 Å². The first-order valence-corrected chi connectivity index (χ1v) is 9.28. The van der Waals surface area contributed by atoms with Crippen LogP contribution in [-0.2, 0) is 34.0 Å². The minimum Gasteiger partial charge on any atom is -0.465 e. The van der Waals surface area contributed by atoms with Crippen molar-refractivity contribution in [3.05, 3.63) is 35.9 Å². The van der Waals surface area contributed by atoms with E-state index in [9.17, 15) is 9.59 Å². The molecule has 144 valence electrons. The minimum atomic E-state index is -1.54. The van der Waals surface area contributed by atoms with Gasteiger partial charge in [-0.15, -0.1) is 0 Å². The number of esters is 2. The highest BCUT2D eigenvalue weighted by molar-refractivity contribution is 6.06. The summed E-state index contributed by atoms with van der Waals surface area (Å²) in [7, 11) is 0. The van der Waals surface area contributed by atoms with Gasteiger partial charge in [-0.3, -0.25) is 9.59 Å². The molecule has 1 aromatic carbocycles. The second-order valence-corrected chi connectivity index (χ2v) is 6.13. The molecule has 1 aliphatic heterocycles. The fourth-order valence-corrected chi connectivity index (χ4v) is 3.08. The highest BCUT2D eigenvalue weighted by Gasteiger charge is 2.50. The van der Waals surface area contributed by atoms with Gasteiger partial charge in [0.1, 0.15) is 0 Å². The first kappa shape index (κ1) is 20.4. The smallest absolute Gasteiger partial charge is 0.328 e. The molecule has 0 aliphatic carbocycles. The molecular weight excluding hydrogens is 336 g/mol. The van der Waals surface area contributed by atoms with Crippen LogP contribution < -0.4 is 0 Å². The molecule has 2 rings (SSSR count). The van der Waals surface area contributed by atoms with Crippen molar-refractivity contribution in [2.24, 2.45) is 0 Å². The van der Waals surface area contributed by atoms with E-state index in [1.165, 1.54) is 0 Å². The van der Waals surface area contributed by atoms with Crippen molar-refractivity contribution in [2.45, 2.75) is 51.2 Å². The largest absolute Gasteiger partial charge is 0.465 e. The monoisotopic (exact) mass is 364 g/mol. The third-order valence-electron chi connectivity index (χ3n) is 4.43. The fourth-order valence-electron chi connectivity index (χ4n) is 3.08. The summed E-state index contributed by atoms with van der Waals surface area (Å²) in [6.45, 7) is 4.65. The van der Waals surface area contributed by atoms with E-state index in [1.807, 2.05) is 6.07 Å². The third-order valence-corrected chi connectivity index (χ3v) is 4.43. The van der Waals surface area contributed by atoms with Crippen molar-refractivity contribution in [3.8, 4) is 0 Å². The lowest BCUT2D eigenvalue weighted by molar-refractivity contribution is -0.176. The summed E-state index contributed by atoms with van der Waals surface area (Å²) in [6.07, 6.45) is 2.73. The third kappa shape index (κ3) is 4.83. The van der Waals surface area contributed by atoms with Crippen LogP contribution in [0.2, 0.25) is 0 Å². The van der Waals surface area contributed by atoms with E-state index in [-0.39, 0.29) is 32.5 Å². The van der Waals surface area contributed by atoms with Crippen LogP contribution >= 0.6 is 0 Å². The van der Waals surface area contributed by atoms with Crippen LogP contribution in [0.25, 0.3) is 0 Å². The summed E-state index contributed by atoms with van der Waals surface area (Å²) in [5.74, 6) is -1.23. The molecule has 6 nitrogen and oxygen atoms in total. The van der Waals surface area contributed by atoms with Crippen molar-refractivity contribution in [2.75, 3.05) is 26.4 Å². The number of ether oxygens (including phenoxy) is 4. The molecule has 0 aromatic heterocycles. The van der Waals surface area contributed by atoms with Gasteiger partial charge in [-0.05, 0) is 38.7 Å². The van der Waals surface area contributed by atoms with Crippen molar-refractivity contribution < 1.29 is 28.5 Å². The summed E-state index contributed by atoms with van der Waals surface area (Å²) in [6, 6.07) is 8.88. The molecule has 1 heterocycles. The topological polar surface area (TPSA) is 71.1 Å². The van der Waals surface area contributed by atoms with E-state index in [4.69, 9.17) is 18.9 Å². The molecule has 1 saturated heterocycles. The molecule has 1 aromatic rings. The Morgan fingerprint density at radius 1 is 1.08 bits per heavy atom. The van der Waals surface area contributed by atoms with Gasteiger partial charge in [0.2, 0.25) is 0 Å². The minimum absolute atomic E-state index is 0.133. The molecule has 0 saturated carbocycles. The molecule has 1 fully saturated rings. The number of benzene rings is 1. The predicted octanol–water partition coefficient (Wildman–Crippen LogP) is 2.98. The zero-order valence-corrected chi connectivity index (χ0v) is 15.6. The number of hydrogen-bond donors (Lipinski definition) is 0. The average molecular weight is 364 g/mol. The van der Waals surface area contributed by atoms with Gasteiger partial charge in [-0.1, -0.05) is 30.3 Å². The Labute approximate surface area is 154 Å². The molecule has 0 amide bonds. The lowest BCUT2D eigenvalue weighted by Gasteiger charge is -2.30. The van der Waals surface area contributed by atoms with Gasteiger partial charge in [0.25, 0.3) is 0 Å². The Morgan fingerprint density at radius 2 is 1.73 bits per heavy atom. The molecule has 26 heavy (non-hydrogen) atoms. The zero-order valence-electron chi connectivity index (χ0n) is 15.6. The van der Waals surface area contributed by atoms with Crippen molar-refractivity contribution in [1.82, 2.24) is 0 Å². The Hall–Kier alpha value is -1.92. The van der Waals surface area contributed by atoms with E-state index < -0.39 is 17.4 Å². The van der Waals surface area contributed by atoms with Gasteiger partial charge in [-0.2, -0.15) is 0 Å². The standard InChI is InChI=1S/C20H28O6/c1-3-23-18(21)20(19(22)24-4-2,16-10-6-5-7-11-16)13-15-26-17-12-8-9-14-25-17/h5-7,10-11,17H,3-4,8-9,12-15H2,1-2H3. The quantitative estimate of drug-likeness (QED) is 0.495. The van der Waals surface area contributed by atoms with Gasteiger partial charge >= 0.3 is 11.9 Å². The lowest BCUT2D eigenvalue weighted by Crippen LogP contribution is -2.47. The molecule has 6 heteroatoms. The van der Waals surface area contributed by atoms with Gasteiger partial charge in [0, 0.05) is 13.0 Å². The van der Waals surface area contributed by atoms with Crippen molar-refractivity contribution in [1.29, 1.82) is 0 Å². The molecule has 1 unspecified atom stereocenters. The number of carbonyl (C=O) groups excluding carboxylic acids is 2. The highest BCUT2D eigenvalue weighted by atomic mass is 16.7. The van der Waals surface area contributed by atoms with Crippen LogP contribution in [0.4, 0.5) is 0 Å². The average Bonchev–Trinajstić information content (AvgIpc) is 2.67. The highest BCUT2D eigenvalue weighted by Crippen LogP contribution is 2.32. The van der Waals surface area contributed by atoms with Crippen molar-refractivity contribution in [3.63, 3.8) is 0 Å². The van der Waals surface area contributed by atoms with E-state index >= 15 is 0 Å². The van der Waals surface area contributed by atoms with Gasteiger partial charge in [-0.25, -0.2) is 0 Å². The van der Waals surface area contributed by atoms with E-state index in [0.29, 0.717) is 12.2 Å². The Morgan fingerprint density at radius 3 is 2.27 bits per heavy atom. The summed E-state index contributed by atoms with van der Waals surface area (Å²) in [5, 5.41) is 0. The normalized spacial score (nSPS) is 17.5. The number of rotatable bonds is 9. The summed E-state index contributed by atoms with van der Waals surface area (Å²) >= 11 is 0. The Balaban J connectivity index is 2.24. The number of hydrogen-bond acceptors (Lipinski definition) is 6. The van der Waals surface area contributed by atoms with Crippen LogP contribution in [-0.4, -0.2) is 44.7 Å². The summed E-state index contributed by atoms with van der Waals surface area (Å²) in [4.78, 5) is 25.7. The van der Waals surface area contributed by atoms with Gasteiger partial charge < -0.3 is 18.9 Å². The molecular formula is C20H28O6. The molecule has 0 radical (unpaired) electrons. The Kier molecular flexibility index (Phi) is 8.06. The molecule has 0 N–H and O–H groups in total. The molecule has 1 atom stereocenters. The Bertz CT molecular complexity index is 547. The molecule has 1 aliphatic rings. The van der Waals surface area contributed by atoms with Crippen molar-refractivity contribution >= 4 is 11.9 Å². The maximum Gasteiger partial charge on any atom is 0.328 e. The first-order valence-electron chi connectivity index (χ1n) is 9.28. The zero-order chi connectivity index (χ0) is 18.8. The summed E-state index contributed by atoms with van der Waals surface area (Å²) in [5.41, 5.74) is -0.993. The van der Waals surface area contributed by atoms with E-state index in [0.717, 1.165) is 19.3 Å². The van der Waals surface area contributed by atoms with Crippen LogP contribution in [0.5, 0.6) is 0 Å². The summed E-state index contributed by atoms with van der Waals surface area (Å²) < 4.78 is 21.8. The van der Waals surface area contributed by atoms with Crippen LogP contribution in [0.3, 0.4) is 0 Å². The second kappa shape index (κ2) is 10.3. The number of carbonyl (C=O) groups is 2. The maximum atomic E-state index is 12.9. The molecule has 0 spiro atoms. The predicted molar refractivity (Wildman–Crippen MR) is 95.5 cm³/mol. The first-order chi connectivity index (χ1) is 12.6. The van der Waals surface area contributed by atoms with Gasteiger partial charge in [0.15, 0.2) is 11.7 Å². The van der Waals surface area contributed by atoms with E-state index in [1.54, 1.807) is 38.1 Å².